The Balaban J connectivity index is 0.00000576. The molecule has 0 aliphatic carbocycles. The van der Waals surface area contributed by atoms with Crippen molar-refractivity contribution in [3.05, 3.63) is 17.5 Å². The molecule has 0 amide bonds. The lowest BCUT2D eigenvalue weighted by Crippen LogP contribution is -2.38. The second-order valence-electron chi connectivity index (χ2n) is 6.51. The van der Waals surface area contributed by atoms with Crippen LogP contribution in [0.15, 0.2) is 11.1 Å². The van der Waals surface area contributed by atoms with E-state index in [0.29, 0.717) is 5.92 Å². The van der Waals surface area contributed by atoms with Gasteiger partial charge in [0, 0.05) is 45.1 Å². The highest BCUT2D eigenvalue weighted by Crippen LogP contribution is 2.02. The van der Waals surface area contributed by atoms with Crippen molar-refractivity contribution in [1.29, 1.82) is 0 Å². The highest BCUT2D eigenvalue weighted by Gasteiger charge is 2.01. The van der Waals surface area contributed by atoms with Gasteiger partial charge in [-0.05, 0) is 45.6 Å². The summed E-state index contributed by atoms with van der Waals surface area (Å²) < 4.78 is 7.64. The maximum atomic E-state index is 5.59. The summed E-state index contributed by atoms with van der Waals surface area (Å²) in [5.41, 5.74) is 2.29. The van der Waals surface area contributed by atoms with Crippen LogP contribution in [0.3, 0.4) is 0 Å². The van der Waals surface area contributed by atoms with Crippen LogP contribution < -0.4 is 10.6 Å². The van der Waals surface area contributed by atoms with E-state index in [1.54, 1.807) is 0 Å². The first-order valence-corrected chi connectivity index (χ1v) is 9.14. The fourth-order valence-corrected chi connectivity index (χ4v) is 2.35. The third-order valence-electron chi connectivity index (χ3n) is 3.45. The zero-order valence-electron chi connectivity index (χ0n) is 16.5. The molecule has 0 spiro atoms. The number of aliphatic imine (C=N–C) groups is 1. The van der Waals surface area contributed by atoms with Crippen molar-refractivity contribution in [3.63, 3.8) is 0 Å². The third-order valence-corrected chi connectivity index (χ3v) is 3.45. The summed E-state index contributed by atoms with van der Waals surface area (Å²) >= 11 is 0. The molecule has 1 rings (SSSR count). The maximum Gasteiger partial charge on any atom is 0.191 e. The van der Waals surface area contributed by atoms with Crippen molar-refractivity contribution in [2.24, 2.45) is 10.9 Å². The lowest BCUT2D eigenvalue weighted by atomic mass is 10.2. The van der Waals surface area contributed by atoms with Gasteiger partial charge < -0.3 is 15.4 Å². The summed E-state index contributed by atoms with van der Waals surface area (Å²) in [6.45, 7) is 15.6. The Morgan fingerprint density at radius 3 is 2.64 bits per heavy atom. The van der Waals surface area contributed by atoms with Crippen LogP contribution in [-0.4, -0.2) is 48.6 Å². The quantitative estimate of drug-likeness (QED) is 0.228. The van der Waals surface area contributed by atoms with E-state index >= 15 is 0 Å². The van der Waals surface area contributed by atoms with Gasteiger partial charge in [-0.2, -0.15) is 5.10 Å². The van der Waals surface area contributed by atoms with Crippen LogP contribution in [-0.2, 0) is 11.3 Å². The van der Waals surface area contributed by atoms with Gasteiger partial charge in [-0.3, -0.25) is 9.67 Å². The lowest BCUT2D eigenvalue weighted by Gasteiger charge is -2.12. The molecule has 2 N–H and O–H groups in total. The van der Waals surface area contributed by atoms with E-state index in [1.807, 2.05) is 6.92 Å². The zero-order valence-corrected chi connectivity index (χ0v) is 18.8. The molecule has 146 valence electrons. The van der Waals surface area contributed by atoms with Crippen molar-refractivity contribution in [3.8, 4) is 0 Å². The average Bonchev–Trinajstić information content (AvgIpc) is 2.84. The largest absolute Gasteiger partial charge is 0.381 e. The molecule has 1 aromatic heterocycles. The van der Waals surface area contributed by atoms with Gasteiger partial charge in [0.15, 0.2) is 5.96 Å². The molecule has 0 saturated heterocycles. The molecule has 0 saturated carbocycles. The molecule has 0 atom stereocenters. The normalized spacial score (nSPS) is 11.5. The highest BCUT2D eigenvalue weighted by molar-refractivity contribution is 14.0. The van der Waals surface area contributed by atoms with Crippen LogP contribution in [0.2, 0.25) is 0 Å². The Bertz CT molecular complexity index is 488. The summed E-state index contributed by atoms with van der Waals surface area (Å²) in [6, 6.07) is 2.11. The van der Waals surface area contributed by atoms with Crippen molar-refractivity contribution >= 4 is 29.9 Å². The number of nitrogens with one attached hydrogen (secondary N) is 2. The summed E-state index contributed by atoms with van der Waals surface area (Å²) in [5.74, 6) is 1.48. The first kappa shape index (κ1) is 24.2. The van der Waals surface area contributed by atoms with Gasteiger partial charge in [-0.1, -0.05) is 13.8 Å². The van der Waals surface area contributed by atoms with Gasteiger partial charge in [-0.15, -0.1) is 24.0 Å². The van der Waals surface area contributed by atoms with Crippen LogP contribution in [0.5, 0.6) is 0 Å². The highest BCUT2D eigenvalue weighted by atomic mass is 127. The standard InChI is InChI=1S/C18H35N5O.HI/c1-6-19-18(21-10-8-12-24-14-15(2)3)20-9-7-11-23-17(5)13-16(4)22-23;/h13,15H,6-12,14H2,1-5H3,(H2,19,20,21);1H. The first-order chi connectivity index (χ1) is 11.5. The van der Waals surface area contributed by atoms with Gasteiger partial charge >= 0.3 is 0 Å². The zero-order chi connectivity index (χ0) is 17.8. The van der Waals surface area contributed by atoms with E-state index in [-0.39, 0.29) is 24.0 Å². The molecule has 0 aliphatic rings. The number of nitrogens with zero attached hydrogens (tertiary/aromatic N) is 3. The monoisotopic (exact) mass is 465 g/mol. The Kier molecular flexibility index (Phi) is 13.9. The molecule has 0 radical (unpaired) electrons. The van der Waals surface area contributed by atoms with Gasteiger partial charge in [-0.25, -0.2) is 0 Å². The second kappa shape index (κ2) is 14.4. The molecule has 0 aliphatic heterocycles. The Labute approximate surface area is 170 Å². The van der Waals surface area contributed by atoms with Gasteiger partial charge in [0.1, 0.15) is 0 Å². The number of aryl methyl sites for hydroxylation is 3. The van der Waals surface area contributed by atoms with Crippen LogP contribution in [0.4, 0.5) is 0 Å². The number of rotatable bonds is 11. The maximum absolute atomic E-state index is 5.59. The van der Waals surface area contributed by atoms with E-state index < -0.39 is 0 Å². The minimum Gasteiger partial charge on any atom is -0.381 e. The summed E-state index contributed by atoms with van der Waals surface area (Å²) in [7, 11) is 0. The number of aromatic nitrogens is 2. The third kappa shape index (κ3) is 11.4. The molecule has 0 fully saturated rings. The van der Waals surface area contributed by atoms with Gasteiger partial charge in [0.25, 0.3) is 0 Å². The summed E-state index contributed by atoms with van der Waals surface area (Å²) in [5, 5.41) is 11.1. The molecule has 7 heteroatoms. The number of halogens is 1. The minimum absolute atomic E-state index is 0. The molecule has 0 unspecified atom stereocenters. The van der Waals surface area contributed by atoms with E-state index in [9.17, 15) is 0 Å². The molecule has 0 bridgehead atoms. The molecule has 1 aromatic rings. The number of guanidine groups is 1. The van der Waals surface area contributed by atoms with E-state index in [0.717, 1.165) is 63.9 Å². The predicted molar refractivity (Wildman–Crippen MR) is 116 cm³/mol. The summed E-state index contributed by atoms with van der Waals surface area (Å²) in [6.07, 6.45) is 1.97. The SMILES string of the molecule is CCNC(=NCCCn1nc(C)cc1C)NCCCOCC(C)C.I. The van der Waals surface area contributed by atoms with Crippen LogP contribution in [0.1, 0.15) is 45.0 Å². The molecule has 0 aromatic carbocycles. The molecule has 25 heavy (non-hydrogen) atoms. The topological polar surface area (TPSA) is 63.5 Å². The fourth-order valence-electron chi connectivity index (χ4n) is 2.35. The van der Waals surface area contributed by atoms with Crippen molar-refractivity contribution in [2.45, 2.75) is 54.0 Å². The van der Waals surface area contributed by atoms with Crippen LogP contribution in [0, 0.1) is 19.8 Å². The first-order valence-electron chi connectivity index (χ1n) is 9.14. The van der Waals surface area contributed by atoms with E-state index in [2.05, 4.69) is 59.2 Å². The average molecular weight is 465 g/mol. The summed E-state index contributed by atoms with van der Waals surface area (Å²) in [4.78, 5) is 4.62. The molecule has 1 heterocycles. The van der Waals surface area contributed by atoms with Crippen molar-refractivity contribution in [2.75, 3.05) is 32.8 Å². The Morgan fingerprint density at radius 2 is 2.04 bits per heavy atom. The Hall–Kier alpha value is -0.830. The number of hydrogen-bond acceptors (Lipinski definition) is 3. The number of hydrogen-bond donors (Lipinski definition) is 2. The molecule has 6 nitrogen and oxygen atoms in total. The fraction of sp³-hybridized carbons (Fsp3) is 0.778. The van der Waals surface area contributed by atoms with E-state index in [1.165, 1.54) is 5.69 Å². The van der Waals surface area contributed by atoms with Crippen LogP contribution >= 0.6 is 24.0 Å². The lowest BCUT2D eigenvalue weighted by molar-refractivity contribution is 0.108. The second-order valence-corrected chi connectivity index (χ2v) is 6.51. The van der Waals surface area contributed by atoms with Crippen LogP contribution in [0.25, 0.3) is 0 Å². The molecular weight excluding hydrogens is 429 g/mol. The van der Waals surface area contributed by atoms with Gasteiger partial charge in [0.2, 0.25) is 0 Å². The number of ether oxygens (including phenoxy) is 1. The van der Waals surface area contributed by atoms with Crippen molar-refractivity contribution < 1.29 is 4.74 Å². The molecular formula is C18H36IN5O. The predicted octanol–water partition coefficient (Wildman–Crippen LogP) is 3.13. The smallest absolute Gasteiger partial charge is 0.191 e. The Morgan fingerprint density at radius 1 is 1.28 bits per heavy atom. The van der Waals surface area contributed by atoms with Gasteiger partial charge in [0.05, 0.1) is 5.69 Å². The van der Waals surface area contributed by atoms with E-state index in [4.69, 9.17) is 4.74 Å². The minimum atomic E-state index is 0. The van der Waals surface area contributed by atoms with Crippen molar-refractivity contribution in [1.82, 2.24) is 20.4 Å².